The number of fused-ring (bicyclic) bond motifs is 2. The lowest BCUT2D eigenvalue weighted by Crippen LogP contribution is -2.27. The van der Waals surface area contributed by atoms with E-state index < -0.39 is 0 Å². The Balaban J connectivity index is 1.30. The number of nitrogens with one attached hydrogen (secondary N) is 1. The van der Waals surface area contributed by atoms with E-state index in [0.717, 1.165) is 41.9 Å². The Morgan fingerprint density at radius 2 is 1.79 bits per heavy atom. The van der Waals surface area contributed by atoms with Crippen LogP contribution in [0.15, 0.2) is 72.1 Å². The van der Waals surface area contributed by atoms with Crippen molar-refractivity contribution in [1.29, 1.82) is 0 Å². The van der Waals surface area contributed by atoms with E-state index in [1.54, 1.807) is 11.3 Å². The first-order valence-corrected chi connectivity index (χ1v) is 12.5. The molecule has 1 amide bonds. The number of carbonyl (C=O) groups excluding carboxylic acids is 1. The first-order valence-electron chi connectivity index (χ1n) is 11.6. The van der Waals surface area contributed by atoms with Crippen LogP contribution in [0.4, 0.5) is 0 Å². The maximum Gasteiger partial charge on any atom is 0.268 e. The van der Waals surface area contributed by atoms with Crippen molar-refractivity contribution in [2.24, 2.45) is 0 Å². The predicted octanol–water partition coefficient (Wildman–Crippen LogP) is 6.15. The maximum absolute atomic E-state index is 13.4. The molecule has 3 aromatic heterocycles. The minimum atomic E-state index is -0.0244. The van der Waals surface area contributed by atoms with E-state index in [1.807, 2.05) is 24.3 Å². The fourth-order valence-corrected chi connectivity index (χ4v) is 5.94. The number of para-hydroxylation sites is 2. The number of amides is 1. The standard InChI is InChI=1S/C27H26N4OS/c32-27(24-16-25-23(14-15-33-25)31(24)20-10-4-5-11-20)28-17-26-29-21-12-6-7-13-22(21)30(26)18-19-8-2-1-3-9-19/h1-3,6-9,12-16,20H,4-5,10-11,17-18H2,(H,28,32). The summed E-state index contributed by atoms with van der Waals surface area (Å²) in [6.45, 7) is 1.12. The summed E-state index contributed by atoms with van der Waals surface area (Å²) in [4.78, 5) is 18.2. The van der Waals surface area contributed by atoms with E-state index in [0.29, 0.717) is 12.6 Å². The third-order valence-electron chi connectivity index (χ3n) is 6.71. The molecule has 5 nitrogen and oxygen atoms in total. The van der Waals surface area contributed by atoms with Crippen molar-refractivity contribution in [1.82, 2.24) is 19.4 Å². The number of hydrogen-bond acceptors (Lipinski definition) is 3. The van der Waals surface area contributed by atoms with Gasteiger partial charge < -0.3 is 14.5 Å². The summed E-state index contributed by atoms with van der Waals surface area (Å²) >= 11 is 1.70. The summed E-state index contributed by atoms with van der Waals surface area (Å²) in [5.74, 6) is 0.845. The molecule has 0 bridgehead atoms. The Morgan fingerprint density at radius 1 is 1.00 bits per heavy atom. The zero-order valence-corrected chi connectivity index (χ0v) is 19.2. The Kier molecular flexibility index (Phi) is 5.23. The van der Waals surface area contributed by atoms with Crippen LogP contribution in [0, 0.1) is 0 Å². The van der Waals surface area contributed by atoms with Crippen molar-refractivity contribution in [3.05, 3.63) is 89.2 Å². The molecule has 1 N–H and O–H groups in total. The van der Waals surface area contributed by atoms with Gasteiger partial charge in [0.05, 0.1) is 27.8 Å². The molecule has 0 unspecified atom stereocenters. The van der Waals surface area contributed by atoms with Crippen LogP contribution < -0.4 is 5.32 Å². The van der Waals surface area contributed by atoms with Gasteiger partial charge >= 0.3 is 0 Å². The van der Waals surface area contributed by atoms with E-state index in [2.05, 4.69) is 62.3 Å². The zero-order chi connectivity index (χ0) is 22.2. The lowest BCUT2D eigenvalue weighted by atomic mass is 10.2. The first kappa shape index (κ1) is 20.2. The Bertz CT molecular complexity index is 1420. The molecule has 1 aliphatic carbocycles. The molecule has 0 saturated heterocycles. The van der Waals surface area contributed by atoms with Gasteiger partial charge in [-0.3, -0.25) is 4.79 Å². The summed E-state index contributed by atoms with van der Waals surface area (Å²) in [6, 6.07) is 23.2. The van der Waals surface area contributed by atoms with Gasteiger partial charge in [-0.1, -0.05) is 55.3 Å². The molecule has 2 aromatic carbocycles. The molecule has 33 heavy (non-hydrogen) atoms. The SMILES string of the molecule is O=C(NCc1nc2ccccc2n1Cc1ccccc1)c1cc2sccc2n1C1CCCC1. The molecule has 0 atom stereocenters. The summed E-state index contributed by atoms with van der Waals surface area (Å²) < 4.78 is 5.67. The quantitative estimate of drug-likeness (QED) is 0.335. The third-order valence-corrected chi connectivity index (χ3v) is 7.56. The Labute approximate surface area is 196 Å². The highest BCUT2D eigenvalue weighted by molar-refractivity contribution is 7.17. The second kappa shape index (κ2) is 8.52. The molecule has 1 saturated carbocycles. The minimum absolute atomic E-state index is 0.0244. The van der Waals surface area contributed by atoms with Gasteiger partial charge in [0.15, 0.2) is 0 Å². The van der Waals surface area contributed by atoms with Gasteiger partial charge in [0.25, 0.3) is 5.91 Å². The van der Waals surface area contributed by atoms with E-state index in [9.17, 15) is 4.79 Å². The molecular formula is C27H26N4OS. The highest BCUT2D eigenvalue weighted by atomic mass is 32.1. The van der Waals surface area contributed by atoms with Crippen LogP contribution in [0.25, 0.3) is 21.3 Å². The molecule has 5 aromatic rings. The van der Waals surface area contributed by atoms with Crippen LogP contribution >= 0.6 is 11.3 Å². The van der Waals surface area contributed by atoms with E-state index in [4.69, 9.17) is 4.98 Å². The summed E-state index contributed by atoms with van der Waals surface area (Å²) in [6.07, 6.45) is 4.76. The van der Waals surface area contributed by atoms with Crippen molar-refractivity contribution in [3.63, 3.8) is 0 Å². The Hall–Kier alpha value is -3.38. The monoisotopic (exact) mass is 454 g/mol. The van der Waals surface area contributed by atoms with Gasteiger partial charge in [-0.15, -0.1) is 11.3 Å². The maximum atomic E-state index is 13.4. The summed E-state index contributed by atoms with van der Waals surface area (Å²) in [7, 11) is 0. The number of benzene rings is 2. The average molecular weight is 455 g/mol. The predicted molar refractivity (Wildman–Crippen MR) is 134 cm³/mol. The second-order valence-corrected chi connectivity index (χ2v) is 9.73. The van der Waals surface area contributed by atoms with Crippen LogP contribution in [-0.2, 0) is 13.1 Å². The van der Waals surface area contributed by atoms with Crippen LogP contribution in [-0.4, -0.2) is 20.0 Å². The van der Waals surface area contributed by atoms with E-state index >= 15 is 0 Å². The first-order chi connectivity index (χ1) is 16.3. The second-order valence-electron chi connectivity index (χ2n) is 8.78. The normalized spacial score (nSPS) is 14.4. The van der Waals surface area contributed by atoms with Crippen molar-refractivity contribution in [2.45, 2.75) is 44.8 Å². The van der Waals surface area contributed by atoms with Crippen molar-refractivity contribution in [2.75, 3.05) is 0 Å². The number of thiophene rings is 1. The lowest BCUT2D eigenvalue weighted by molar-refractivity contribution is 0.0938. The molecule has 0 aliphatic heterocycles. The van der Waals surface area contributed by atoms with Gasteiger partial charge in [-0.25, -0.2) is 4.98 Å². The summed E-state index contributed by atoms with van der Waals surface area (Å²) in [5, 5.41) is 5.29. The molecule has 1 fully saturated rings. The van der Waals surface area contributed by atoms with Gasteiger partial charge in [0.2, 0.25) is 0 Å². The third kappa shape index (κ3) is 3.74. The van der Waals surface area contributed by atoms with Crippen LogP contribution in [0.2, 0.25) is 0 Å². The average Bonchev–Trinajstić information content (AvgIpc) is 3.62. The number of hydrogen-bond donors (Lipinski definition) is 1. The van der Waals surface area contributed by atoms with Gasteiger partial charge in [0.1, 0.15) is 11.5 Å². The smallest absolute Gasteiger partial charge is 0.268 e. The molecule has 166 valence electrons. The molecular weight excluding hydrogens is 428 g/mol. The number of imidazole rings is 1. The number of carbonyl (C=O) groups is 1. The van der Waals surface area contributed by atoms with E-state index in [-0.39, 0.29) is 5.91 Å². The fraction of sp³-hybridized carbons (Fsp3) is 0.259. The van der Waals surface area contributed by atoms with Crippen LogP contribution in [0.3, 0.4) is 0 Å². The minimum Gasteiger partial charge on any atom is -0.344 e. The van der Waals surface area contributed by atoms with Gasteiger partial charge in [-0.2, -0.15) is 0 Å². The van der Waals surface area contributed by atoms with Crippen molar-refractivity contribution >= 4 is 38.5 Å². The molecule has 3 heterocycles. The zero-order valence-electron chi connectivity index (χ0n) is 18.4. The highest BCUT2D eigenvalue weighted by Gasteiger charge is 2.25. The van der Waals surface area contributed by atoms with Crippen LogP contribution in [0.1, 0.15) is 53.6 Å². The number of nitrogens with zero attached hydrogens (tertiary/aromatic N) is 3. The number of rotatable bonds is 6. The number of aromatic nitrogens is 3. The summed E-state index contributed by atoms with van der Waals surface area (Å²) in [5.41, 5.74) is 5.21. The lowest BCUT2D eigenvalue weighted by Gasteiger charge is -2.17. The highest BCUT2D eigenvalue weighted by Crippen LogP contribution is 2.36. The molecule has 6 rings (SSSR count). The molecule has 1 aliphatic rings. The molecule has 0 radical (unpaired) electrons. The van der Waals surface area contributed by atoms with Gasteiger partial charge in [-0.05, 0) is 48.1 Å². The largest absolute Gasteiger partial charge is 0.344 e. The van der Waals surface area contributed by atoms with Crippen LogP contribution in [0.5, 0.6) is 0 Å². The molecule has 0 spiro atoms. The van der Waals surface area contributed by atoms with Crippen molar-refractivity contribution < 1.29 is 4.79 Å². The van der Waals surface area contributed by atoms with Gasteiger partial charge in [0, 0.05) is 12.6 Å². The topological polar surface area (TPSA) is 51.9 Å². The van der Waals surface area contributed by atoms with E-state index in [1.165, 1.54) is 28.6 Å². The fourth-order valence-electron chi connectivity index (χ4n) is 5.13. The Morgan fingerprint density at radius 3 is 2.64 bits per heavy atom. The van der Waals surface area contributed by atoms with Crippen molar-refractivity contribution in [3.8, 4) is 0 Å². The molecule has 6 heteroatoms.